The van der Waals surface area contributed by atoms with Gasteiger partial charge >= 0.3 is 0 Å². The molecule has 0 amide bonds. The van der Waals surface area contributed by atoms with Crippen LogP contribution in [0.15, 0.2) is 41.4 Å². The molecule has 0 bridgehead atoms. The van der Waals surface area contributed by atoms with Crippen LogP contribution in [0, 0.1) is 0 Å². The molecule has 1 atom stereocenters. The summed E-state index contributed by atoms with van der Waals surface area (Å²) in [5.41, 5.74) is 3.15. The molecule has 0 aromatic heterocycles. The summed E-state index contributed by atoms with van der Waals surface area (Å²) < 4.78 is 21.3. The predicted octanol–water partition coefficient (Wildman–Crippen LogP) is 3.27. The largest absolute Gasteiger partial charge is 0.497 e. The Labute approximate surface area is 135 Å². The number of rotatable bonds is 6. The molecular formula is C18H19NO4. The number of hydrogen-bond acceptors (Lipinski definition) is 5. The third kappa shape index (κ3) is 2.82. The Kier molecular flexibility index (Phi) is 4.10. The molecule has 3 rings (SSSR count). The molecule has 120 valence electrons. The van der Waals surface area contributed by atoms with Gasteiger partial charge in [0.15, 0.2) is 11.5 Å². The average Bonchev–Trinajstić information content (AvgIpc) is 3.41. The van der Waals surface area contributed by atoms with Crippen LogP contribution in [0.2, 0.25) is 0 Å². The van der Waals surface area contributed by atoms with Crippen LogP contribution >= 0.6 is 0 Å². The van der Waals surface area contributed by atoms with E-state index in [9.17, 15) is 0 Å². The summed E-state index contributed by atoms with van der Waals surface area (Å²) in [4.78, 5) is 4.58. The second-order valence-corrected chi connectivity index (χ2v) is 5.10. The SMILES string of the molecule is COc1ccc(C2=NC2c2cc(OC)c(OC)c(OC)c2)cc1. The molecule has 0 saturated heterocycles. The molecule has 0 radical (unpaired) electrons. The summed E-state index contributed by atoms with van der Waals surface area (Å²) >= 11 is 0. The monoisotopic (exact) mass is 313 g/mol. The van der Waals surface area contributed by atoms with Gasteiger partial charge in [-0.15, -0.1) is 0 Å². The standard InChI is InChI=1S/C18H19NO4/c1-20-13-7-5-11(6-8-13)16-17(19-16)12-9-14(21-2)18(23-4)15(10-12)22-3/h5-10,17H,1-4H3. The van der Waals surface area contributed by atoms with Crippen LogP contribution in [0.5, 0.6) is 23.0 Å². The molecule has 5 heteroatoms. The lowest BCUT2D eigenvalue weighted by atomic mass is 10.0. The normalized spacial score (nSPS) is 15.7. The van der Waals surface area contributed by atoms with E-state index >= 15 is 0 Å². The first-order chi connectivity index (χ1) is 11.2. The van der Waals surface area contributed by atoms with Gasteiger partial charge in [-0.3, -0.25) is 4.99 Å². The summed E-state index contributed by atoms with van der Waals surface area (Å²) in [6, 6.07) is 11.8. The van der Waals surface area contributed by atoms with Gasteiger partial charge in [0.25, 0.3) is 0 Å². The number of methoxy groups -OCH3 is 4. The zero-order chi connectivity index (χ0) is 16.4. The molecule has 0 saturated carbocycles. The third-order valence-electron chi connectivity index (χ3n) is 3.85. The lowest BCUT2D eigenvalue weighted by molar-refractivity contribution is 0.324. The van der Waals surface area contributed by atoms with Gasteiger partial charge in [-0.1, -0.05) is 0 Å². The van der Waals surface area contributed by atoms with Crippen molar-refractivity contribution in [1.29, 1.82) is 0 Å². The molecule has 0 N–H and O–H groups in total. The summed E-state index contributed by atoms with van der Waals surface area (Å²) in [7, 11) is 6.47. The maximum atomic E-state index is 5.40. The zero-order valence-corrected chi connectivity index (χ0v) is 13.6. The highest BCUT2D eigenvalue weighted by Gasteiger charge is 2.32. The van der Waals surface area contributed by atoms with E-state index in [0.29, 0.717) is 17.2 Å². The summed E-state index contributed by atoms with van der Waals surface area (Å²) in [6.45, 7) is 0. The van der Waals surface area contributed by atoms with Crippen molar-refractivity contribution in [3.05, 3.63) is 47.5 Å². The van der Waals surface area contributed by atoms with Crippen LogP contribution in [0.25, 0.3) is 0 Å². The second kappa shape index (κ2) is 6.20. The molecule has 1 aliphatic rings. The van der Waals surface area contributed by atoms with Crippen LogP contribution in [-0.4, -0.2) is 34.2 Å². The minimum Gasteiger partial charge on any atom is -0.497 e. The minimum atomic E-state index is 0.0251. The van der Waals surface area contributed by atoms with Crippen LogP contribution in [0.4, 0.5) is 0 Å². The van der Waals surface area contributed by atoms with E-state index in [1.54, 1.807) is 28.4 Å². The van der Waals surface area contributed by atoms with E-state index in [1.165, 1.54) is 0 Å². The number of aliphatic imine (C=N–C) groups is 1. The Morgan fingerprint density at radius 1 is 0.783 bits per heavy atom. The summed E-state index contributed by atoms with van der Waals surface area (Å²) in [5, 5.41) is 0. The molecule has 5 nitrogen and oxygen atoms in total. The van der Waals surface area contributed by atoms with Gasteiger partial charge in [-0.05, 0) is 47.5 Å². The Morgan fingerprint density at radius 3 is 1.87 bits per heavy atom. The maximum Gasteiger partial charge on any atom is 0.203 e. The van der Waals surface area contributed by atoms with Crippen molar-refractivity contribution < 1.29 is 18.9 Å². The van der Waals surface area contributed by atoms with E-state index in [-0.39, 0.29) is 6.04 Å². The molecule has 2 aromatic rings. The molecule has 0 aliphatic carbocycles. The summed E-state index contributed by atoms with van der Waals surface area (Å²) in [5.74, 6) is 2.70. The quantitative estimate of drug-likeness (QED) is 0.821. The van der Waals surface area contributed by atoms with Crippen LogP contribution < -0.4 is 18.9 Å². The maximum absolute atomic E-state index is 5.40. The van der Waals surface area contributed by atoms with E-state index < -0.39 is 0 Å². The van der Waals surface area contributed by atoms with E-state index in [1.807, 2.05) is 36.4 Å². The molecular weight excluding hydrogens is 294 g/mol. The average molecular weight is 313 g/mol. The van der Waals surface area contributed by atoms with Gasteiger partial charge < -0.3 is 18.9 Å². The van der Waals surface area contributed by atoms with Crippen LogP contribution in [0.3, 0.4) is 0 Å². The fraction of sp³-hybridized carbons (Fsp3) is 0.278. The van der Waals surface area contributed by atoms with Crippen molar-refractivity contribution in [3.63, 3.8) is 0 Å². The number of hydrogen-bond donors (Lipinski definition) is 0. The molecule has 0 spiro atoms. The van der Waals surface area contributed by atoms with Gasteiger partial charge in [0.05, 0.1) is 34.2 Å². The molecule has 0 fully saturated rings. The third-order valence-corrected chi connectivity index (χ3v) is 3.85. The number of benzene rings is 2. The van der Waals surface area contributed by atoms with Crippen molar-refractivity contribution in [2.45, 2.75) is 6.04 Å². The number of nitrogens with zero attached hydrogens (tertiary/aromatic N) is 1. The Hall–Kier alpha value is -2.69. The van der Waals surface area contributed by atoms with Crippen molar-refractivity contribution in [3.8, 4) is 23.0 Å². The Bertz CT molecular complexity index is 712. The molecule has 23 heavy (non-hydrogen) atoms. The summed E-state index contributed by atoms with van der Waals surface area (Å²) in [6.07, 6.45) is 0. The van der Waals surface area contributed by atoms with Crippen molar-refractivity contribution in [2.75, 3.05) is 28.4 Å². The van der Waals surface area contributed by atoms with Gasteiger partial charge in [-0.2, -0.15) is 0 Å². The first-order valence-corrected chi connectivity index (χ1v) is 7.23. The van der Waals surface area contributed by atoms with Gasteiger partial charge in [0.1, 0.15) is 11.8 Å². The van der Waals surface area contributed by atoms with Crippen molar-refractivity contribution in [1.82, 2.24) is 0 Å². The molecule has 1 aliphatic heterocycles. The Morgan fingerprint density at radius 2 is 1.39 bits per heavy atom. The fourth-order valence-electron chi connectivity index (χ4n) is 2.59. The molecule has 1 heterocycles. The highest BCUT2D eigenvalue weighted by atomic mass is 16.5. The fourth-order valence-corrected chi connectivity index (χ4v) is 2.59. The first-order valence-electron chi connectivity index (χ1n) is 7.23. The number of ether oxygens (including phenoxy) is 4. The van der Waals surface area contributed by atoms with E-state index in [2.05, 4.69) is 4.99 Å². The lowest BCUT2D eigenvalue weighted by Crippen LogP contribution is -1.99. The Balaban J connectivity index is 1.86. The van der Waals surface area contributed by atoms with Gasteiger partial charge in [-0.25, -0.2) is 0 Å². The van der Waals surface area contributed by atoms with E-state index in [0.717, 1.165) is 22.6 Å². The second-order valence-electron chi connectivity index (χ2n) is 5.10. The highest BCUT2D eigenvalue weighted by Crippen LogP contribution is 2.44. The topological polar surface area (TPSA) is 49.3 Å². The predicted molar refractivity (Wildman–Crippen MR) is 88.4 cm³/mol. The highest BCUT2D eigenvalue weighted by molar-refractivity contribution is 6.13. The van der Waals surface area contributed by atoms with Crippen molar-refractivity contribution in [2.24, 2.45) is 4.99 Å². The van der Waals surface area contributed by atoms with Crippen molar-refractivity contribution >= 4 is 5.71 Å². The van der Waals surface area contributed by atoms with Crippen LogP contribution in [-0.2, 0) is 0 Å². The lowest BCUT2D eigenvalue weighted by Gasteiger charge is -2.13. The molecule has 2 aromatic carbocycles. The van der Waals surface area contributed by atoms with E-state index in [4.69, 9.17) is 18.9 Å². The minimum absolute atomic E-state index is 0.0251. The zero-order valence-electron chi connectivity index (χ0n) is 13.6. The first kappa shape index (κ1) is 15.2. The van der Waals surface area contributed by atoms with Crippen LogP contribution in [0.1, 0.15) is 17.2 Å². The molecule has 1 unspecified atom stereocenters. The smallest absolute Gasteiger partial charge is 0.203 e. The van der Waals surface area contributed by atoms with Gasteiger partial charge in [0, 0.05) is 0 Å². The van der Waals surface area contributed by atoms with Gasteiger partial charge in [0.2, 0.25) is 5.75 Å².